The average molecular weight is 311 g/mol. The van der Waals surface area contributed by atoms with Gasteiger partial charge in [0.05, 0.1) is 6.10 Å². The lowest BCUT2D eigenvalue weighted by Gasteiger charge is -2.52. The van der Waals surface area contributed by atoms with E-state index in [-0.39, 0.29) is 17.6 Å². The van der Waals surface area contributed by atoms with Gasteiger partial charge in [-0.1, -0.05) is 39.3 Å². The quantitative estimate of drug-likeness (QED) is 0.820. The van der Waals surface area contributed by atoms with Crippen molar-refractivity contribution in [2.24, 2.45) is 5.41 Å². The third kappa shape index (κ3) is 2.80. The van der Waals surface area contributed by atoms with E-state index in [1.54, 1.807) is 0 Å². The minimum atomic E-state index is -0.241. The van der Waals surface area contributed by atoms with Crippen LogP contribution in [-0.4, -0.2) is 17.3 Å². The number of halogens is 1. The maximum absolute atomic E-state index is 10.2. The molecule has 1 saturated carbocycles. The first kappa shape index (κ1) is 16.6. The van der Waals surface area contributed by atoms with E-state index in [4.69, 9.17) is 16.3 Å². The Morgan fingerprint density at radius 1 is 1.33 bits per heavy atom. The first-order valence-corrected chi connectivity index (χ1v) is 8.38. The fourth-order valence-electron chi connectivity index (χ4n) is 3.46. The zero-order valence-corrected chi connectivity index (χ0v) is 14.5. The summed E-state index contributed by atoms with van der Waals surface area (Å²) in [6.45, 7) is 10.6. The molecule has 1 fully saturated rings. The summed E-state index contributed by atoms with van der Waals surface area (Å²) in [4.78, 5) is 0. The van der Waals surface area contributed by atoms with Crippen LogP contribution >= 0.6 is 11.6 Å². The van der Waals surface area contributed by atoms with Crippen molar-refractivity contribution < 1.29 is 9.84 Å². The number of hydrogen-bond acceptors (Lipinski definition) is 2. The van der Waals surface area contributed by atoms with Crippen LogP contribution in [0.5, 0.6) is 5.75 Å². The maximum atomic E-state index is 10.2. The predicted molar refractivity (Wildman–Crippen MR) is 88.3 cm³/mol. The van der Waals surface area contributed by atoms with Gasteiger partial charge in [0.15, 0.2) is 0 Å². The molecule has 0 aromatic heterocycles. The number of aliphatic hydroxyl groups is 1. The van der Waals surface area contributed by atoms with Crippen molar-refractivity contribution in [3.8, 4) is 5.75 Å². The Hall–Kier alpha value is -0.730. The monoisotopic (exact) mass is 310 g/mol. The summed E-state index contributed by atoms with van der Waals surface area (Å²) in [5.41, 5.74) is 2.09. The topological polar surface area (TPSA) is 29.5 Å². The van der Waals surface area contributed by atoms with Crippen molar-refractivity contribution >= 4 is 11.6 Å². The molecule has 2 atom stereocenters. The average Bonchev–Trinajstić information content (AvgIpc) is 2.41. The third-order valence-corrected chi connectivity index (χ3v) is 5.57. The zero-order chi connectivity index (χ0) is 15.8. The van der Waals surface area contributed by atoms with Gasteiger partial charge in [-0.3, -0.25) is 0 Å². The number of aliphatic hydroxyl groups excluding tert-OH is 1. The lowest BCUT2D eigenvalue weighted by Crippen LogP contribution is -2.59. The second-order valence-corrected chi connectivity index (χ2v) is 7.00. The Kier molecular flexibility index (Phi) is 4.89. The molecule has 0 bridgehead atoms. The van der Waals surface area contributed by atoms with Crippen LogP contribution in [0.1, 0.15) is 64.0 Å². The van der Waals surface area contributed by atoms with Crippen LogP contribution in [-0.2, 0) is 0 Å². The van der Waals surface area contributed by atoms with Gasteiger partial charge >= 0.3 is 0 Å². The van der Waals surface area contributed by atoms with Gasteiger partial charge in [-0.2, -0.15) is 0 Å². The standard InChI is InChI=1S/C18H27ClO2/c1-6-18(7-2)16(20)10-17(18)21-15-9-13(11(3)4)14(19)8-12(15)5/h8-9,11,16-17,20H,6-7,10H2,1-5H3. The van der Waals surface area contributed by atoms with Gasteiger partial charge < -0.3 is 9.84 Å². The molecule has 1 aromatic carbocycles. The Morgan fingerprint density at radius 2 is 1.95 bits per heavy atom. The van der Waals surface area contributed by atoms with Crippen LogP contribution in [0.15, 0.2) is 12.1 Å². The van der Waals surface area contributed by atoms with Crippen LogP contribution in [0.2, 0.25) is 5.02 Å². The van der Waals surface area contributed by atoms with Crippen molar-refractivity contribution in [1.82, 2.24) is 0 Å². The number of rotatable bonds is 5. The molecule has 1 aliphatic rings. The summed E-state index contributed by atoms with van der Waals surface area (Å²) < 4.78 is 6.28. The van der Waals surface area contributed by atoms with E-state index in [1.165, 1.54) is 0 Å². The van der Waals surface area contributed by atoms with Crippen LogP contribution in [0.3, 0.4) is 0 Å². The number of ether oxygens (including phenoxy) is 1. The van der Waals surface area contributed by atoms with Crippen molar-refractivity contribution in [1.29, 1.82) is 0 Å². The molecule has 3 heteroatoms. The lowest BCUT2D eigenvalue weighted by molar-refractivity contribution is -0.159. The largest absolute Gasteiger partial charge is 0.489 e. The minimum Gasteiger partial charge on any atom is -0.489 e. The molecule has 1 aromatic rings. The van der Waals surface area contributed by atoms with Crippen molar-refractivity contribution in [3.63, 3.8) is 0 Å². The molecule has 0 aliphatic heterocycles. The molecule has 0 saturated heterocycles. The molecule has 1 aliphatic carbocycles. The molecule has 1 N–H and O–H groups in total. The summed E-state index contributed by atoms with van der Waals surface area (Å²) in [6.07, 6.45) is 2.47. The first-order valence-electron chi connectivity index (χ1n) is 8.00. The predicted octanol–water partition coefficient (Wildman–Crippen LogP) is 5.09. The SMILES string of the molecule is CCC1(CC)C(O)CC1Oc1cc(C(C)C)c(Cl)cc1C. The summed E-state index contributed by atoms with van der Waals surface area (Å²) in [6, 6.07) is 4.06. The number of aryl methyl sites for hydroxylation is 1. The molecule has 2 rings (SSSR count). The fourth-order valence-corrected chi connectivity index (χ4v) is 3.90. The number of hydrogen-bond donors (Lipinski definition) is 1. The Bertz CT molecular complexity index is 506. The van der Waals surface area contributed by atoms with E-state index in [1.807, 2.05) is 13.0 Å². The highest BCUT2D eigenvalue weighted by Crippen LogP contribution is 2.49. The molecule has 118 valence electrons. The summed E-state index contributed by atoms with van der Waals surface area (Å²) in [7, 11) is 0. The summed E-state index contributed by atoms with van der Waals surface area (Å²) in [5.74, 6) is 1.28. The van der Waals surface area contributed by atoms with Crippen molar-refractivity contribution in [2.45, 2.75) is 72.0 Å². The number of benzene rings is 1. The van der Waals surface area contributed by atoms with E-state index >= 15 is 0 Å². The maximum Gasteiger partial charge on any atom is 0.123 e. The van der Waals surface area contributed by atoms with Gasteiger partial charge in [0, 0.05) is 16.9 Å². The Balaban J connectivity index is 2.26. The summed E-state index contributed by atoms with van der Waals surface area (Å²) >= 11 is 6.32. The smallest absolute Gasteiger partial charge is 0.123 e. The van der Waals surface area contributed by atoms with Gasteiger partial charge in [0.2, 0.25) is 0 Å². The van der Waals surface area contributed by atoms with Crippen LogP contribution < -0.4 is 4.74 Å². The van der Waals surface area contributed by atoms with Gasteiger partial charge in [-0.25, -0.2) is 0 Å². The first-order chi connectivity index (χ1) is 9.85. The van der Waals surface area contributed by atoms with Gasteiger partial charge in [0.25, 0.3) is 0 Å². The van der Waals surface area contributed by atoms with Crippen LogP contribution in [0.4, 0.5) is 0 Å². The third-order valence-electron chi connectivity index (χ3n) is 5.24. The molecule has 2 unspecified atom stereocenters. The molecule has 0 radical (unpaired) electrons. The molecule has 0 heterocycles. The highest BCUT2D eigenvalue weighted by molar-refractivity contribution is 6.31. The van der Waals surface area contributed by atoms with Crippen molar-refractivity contribution in [3.05, 3.63) is 28.3 Å². The van der Waals surface area contributed by atoms with Crippen LogP contribution in [0, 0.1) is 12.3 Å². The van der Waals surface area contributed by atoms with E-state index in [0.717, 1.165) is 41.2 Å². The lowest BCUT2D eigenvalue weighted by atomic mass is 9.60. The molecule has 21 heavy (non-hydrogen) atoms. The molecular weight excluding hydrogens is 284 g/mol. The summed E-state index contributed by atoms with van der Waals surface area (Å²) in [5, 5.41) is 11.0. The highest BCUT2D eigenvalue weighted by atomic mass is 35.5. The van der Waals surface area contributed by atoms with E-state index in [2.05, 4.69) is 33.8 Å². The molecular formula is C18H27ClO2. The van der Waals surface area contributed by atoms with E-state index in [9.17, 15) is 5.11 Å². The fraction of sp³-hybridized carbons (Fsp3) is 0.667. The van der Waals surface area contributed by atoms with Crippen molar-refractivity contribution in [2.75, 3.05) is 0 Å². The van der Waals surface area contributed by atoms with E-state index < -0.39 is 0 Å². The second kappa shape index (κ2) is 6.18. The zero-order valence-electron chi connectivity index (χ0n) is 13.7. The van der Waals surface area contributed by atoms with Gasteiger partial charge in [-0.15, -0.1) is 0 Å². The minimum absolute atomic E-state index is 0.0932. The highest BCUT2D eigenvalue weighted by Gasteiger charge is 2.53. The van der Waals surface area contributed by atoms with E-state index in [0.29, 0.717) is 5.92 Å². The second-order valence-electron chi connectivity index (χ2n) is 6.59. The van der Waals surface area contributed by atoms with Gasteiger partial charge in [0.1, 0.15) is 11.9 Å². The Labute approximate surface area is 133 Å². The van der Waals surface area contributed by atoms with Crippen LogP contribution in [0.25, 0.3) is 0 Å². The van der Waals surface area contributed by atoms with Gasteiger partial charge in [-0.05, 0) is 48.9 Å². The molecule has 2 nitrogen and oxygen atoms in total. The molecule has 0 spiro atoms. The normalized spacial score (nSPS) is 24.0. The molecule has 0 amide bonds. The Morgan fingerprint density at radius 3 is 2.43 bits per heavy atom.